The molecule has 2 heterocycles. The number of rotatable bonds is 4. The number of pyridine rings is 1. The smallest absolute Gasteiger partial charge is 0.253 e. The Hall–Kier alpha value is -2.27. The van der Waals surface area contributed by atoms with Crippen molar-refractivity contribution in [1.29, 1.82) is 0 Å². The molecule has 0 bridgehead atoms. The zero-order valence-corrected chi connectivity index (χ0v) is 14.3. The van der Waals surface area contributed by atoms with E-state index in [4.69, 9.17) is 21.1 Å². The number of aromatic nitrogens is 1. The lowest BCUT2D eigenvalue weighted by molar-refractivity contribution is 0.0796. The standard InChI is InChI=1S/C18H19ClN2O3/c1-21(8-6-14-5-2-3-7-20-14)18(22)13-11-15(19)17-16(12-13)23-9-4-10-24-17/h2-3,5,7,11-12H,4,6,8-10H2,1H3. The van der Waals surface area contributed by atoms with E-state index in [1.54, 1.807) is 30.3 Å². The van der Waals surface area contributed by atoms with Gasteiger partial charge in [-0.2, -0.15) is 0 Å². The highest BCUT2D eigenvalue weighted by molar-refractivity contribution is 6.32. The SMILES string of the molecule is CN(CCc1ccccn1)C(=O)c1cc(Cl)c2c(c1)OCCCO2. The molecule has 1 amide bonds. The third kappa shape index (κ3) is 3.79. The number of hydrogen-bond acceptors (Lipinski definition) is 4. The van der Waals surface area contributed by atoms with Crippen molar-refractivity contribution in [3.05, 3.63) is 52.8 Å². The molecule has 0 saturated carbocycles. The van der Waals surface area contributed by atoms with Crippen LogP contribution in [0.4, 0.5) is 0 Å². The van der Waals surface area contributed by atoms with Crippen LogP contribution in [-0.2, 0) is 6.42 Å². The van der Waals surface area contributed by atoms with Crippen molar-refractivity contribution in [1.82, 2.24) is 9.88 Å². The lowest BCUT2D eigenvalue weighted by Crippen LogP contribution is -2.29. The van der Waals surface area contributed by atoms with Crippen LogP contribution in [0.1, 0.15) is 22.5 Å². The molecule has 3 rings (SSSR count). The highest BCUT2D eigenvalue weighted by Gasteiger charge is 2.20. The van der Waals surface area contributed by atoms with Crippen LogP contribution in [0.15, 0.2) is 36.5 Å². The van der Waals surface area contributed by atoms with Crippen molar-refractivity contribution in [2.75, 3.05) is 26.8 Å². The Morgan fingerprint density at radius 1 is 1.29 bits per heavy atom. The Bertz CT molecular complexity index is 722. The van der Waals surface area contributed by atoms with Crippen molar-refractivity contribution in [2.45, 2.75) is 12.8 Å². The second-order valence-corrected chi connectivity index (χ2v) is 6.04. The number of benzene rings is 1. The number of carbonyl (C=O) groups is 1. The Kier molecular flexibility index (Phi) is 5.20. The van der Waals surface area contributed by atoms with Gasteiger partial charge in [-0.15, -0.1) is 0 Å². The summed E-state index contributed by atoms with van der Waals surface area (Å²) in [6.45, 7) is 1.68. The summed E-state index contributed by atoms with van der Waals surface area (Å²) in [5.41, 5.74) is 1.45. The van der Waals surface area contributed by atoms with E-state index >= 15 is 0 Å². The normalized spacial score (nSPS) is 13.2. The van der Waals surface area contributed by atoms with Gasteiger partial charge >= 0.3 is 0 Å². The first-order valence-electron chi connectivity index (χ1n) is 7.89. The van der Waals surface area contributed by atoms with E-state index in [1.807, 2.05) is 18.2 Å². The number of halogens is 1. The molecule has 0 spiro atoms. The molecular weight excluding hydrogens is 328 g/mol. The average molecular weight is 347 g/mol. The number of ether oxygens (including phenoxy) is 2. The number of carbonyl (C=O) groups excluding carboxylic acids is 1. The third-order valence-electron chi connectivity index (χ3n) is 3.83. The molecule has 1 aromatic heterocycles. The van der Waals surface area contributed by atoms with E-state index in [0.29, 0.717) is 48.3 Å². The molecule has 0 N–H and O–H groups in total. The van der Waals surface area contributed by atoms with Gasteiger partial charge in [-0.3, -0.25) is 9.78 Å². The molecule has 24 heavy (non-hydrogen) atoms. The van der Waals surface area contributed by atoms with E-state index in [0.717, 1.165) is 12.1 Å². The predicted molar refractivity (Wildman–Crippen MR) is 92.0 cm³/mol. The molecule has 126 valence electrons. The average Bonchev–Trinajstić information content (AvgIpc) is 2.85. The van der Waals surface area contributed by atoms with Crippen molar-refractivity contribution in [3.8, 4) is 11.5 Å². The maximum absolute atomic E-state index is 12.6. The molecule has 1 aliphatic rings. The molecule has 6 heteroatoms. The van der Waals surface area contributed by atoms with E-state index in [9.17, 15) is 4.79 Å². The molecule has 0 saturated heterocycles. The lowest BCUT2D eigenvalue weighted by atomic mass is 10.1. The summed E-state index contributed by atoms with van der Waals surface area (Å²) in [7, 11) is 1.77. The van der Waals surface area contributed by atoms with Gasteiger partial charge in [0.25, 0.3) is 5.91 Å². The molecule has 5 nitrogen and oxygen atoms in total. The van der Waals surface area contributed by atoms with E-state index in [1.165, 1.54) is 0 Å². The molecule has 1 aromatic carbocycles. The second kappa shape index (κ2) is 7.53. The Balaban J connectivity index is 1.72. The first kappa shape index (κ1) is 16.6. The monoisotopic (exact) mass is 346 g/mol. The second-order valence-electron chi connectivity index (χ2n) is 5.63. The number of likely N-dealkylation sites (N-methyl/N-ethyl adjacent to an activating group) is 1. The fourth-order valence-electron chi connectivity index (χ4n) is 2.50. The van der Waals surface area contributed by atoms with Crippen molar-refractivity contribution in [2.24, 2.45) is 0 Å². The van der Waals surface area contributed by atoms with Gasteiger partial charge in [0.1, 0.15) is 0 Å². The Morgan fingerprint density at radius 2 is 2.12 bits per heavy atom. The fourth-order valence-corrected chi connectivity index (χ4v) is 2.77. The molecule has 0 unspecified atom stereocenters. The number of fused-ring (bicyclic) bond motifs is 1. The first-order valence-corrected chi connectivity index (χ1v) is 8.27. The zero-order valence-electron chi connectivity index (χ0n) is 13.5. The summed E-state index contributed by atoms with van der Waals surface area (Å²) in [4.78, 5) is 18.6. The highest BCUT2D eigenvalue weighted by Crippen LogP contribution is 2.38. The molecule has 0 aliphatic carbocycles. The molecular formula is C18H19ClN2O3. The van der Waals surface area contributed by atoms with Gasteiger partial charge in [0.15, 0.2) is 11.5 Å². The van der Waals surface area contributed by atoms with Gasteiger partial charge in [0.05, 0.1) is 18.2 Å². The van der Waals surface area contributed by atoms with E-state index in [2.05, 4.69) is 4.98 Å². The topological polar surface area (TPSA) is 51.7 Å². The predicted octanol–water partition coefficient (Wildman–Crippen LogP) is 3.21. The highest BCUT2D eigenvalue weighted by atomic mass is 35.5. The maximum atomic E-state index is 12.6. The molecule has 0 radical (unpaired) electrons. The van der Waals surface area contributed by atoms with Crippen LogP contribution in [0, 0.1) is 0 Å². The molecule has 0 fully saturated rings. The van der Waals surface area contributed by atoms with E-state index < -0.39 is 0 Å². The van der Waals surface area contributed by atoms with Crippen molar-refractivity contribution in [3.63, 3.8) is 0 Å². The zero-order chi connectivity index (χ0) is 16.9. The number of nitrogens with zero attached hydrogens (tertiary/aromatic N) is 2. The molecule has 2 aromatic rings. The number of amides is 1. The minimum absolute atomic E-state index is 0.108. The summed E-state index contributed by atoms with van der Waals surface area (Å²) in [5.74, 6) is 0.937. The van der Waals surface area contributed by atoms with Crippen LogP contribution in [0.2, 0.25) is 5.02 Å². The summed E-state index contributed by atoms with van der Waals surface area (Å²) in [6.07, 6.45) is 3.24. The minimum Gasteiger partial charge on any atom is -0.489 e. The van der Waals surface area contributed by atoms with Crippen LogP contribution in [0.5, 0.6) is 11.5 Å². The van der Waals surface area contributed by atoms with Gasteiger partial charge in [0, 0.05) is 43.9 Å². The largest absolute Gasteiger partial charge is 0.489 e. The summed E-state index contributed by atoms with van der Waals surface area (Å²) in [5, 5.41) is 0.399. The number of hydrogen-bond donors (Lipinski definition) is 0. The van der Waals surface area contributed by atoms with Crippen LogP contribution in [-0.4, -0.2) is 42.6 Å². The van der Waals surface area contributed by atoms with Gasteiger partial charge in [-0.1, -0.05) is 17.7 Å². The van der Waals surface area contributed by atoms with Crippen molar-refractivity contribution < 1.29 is 14.3 Å². The Labute approximate surface area is 146 Å². The summed E-state index contributed by atoms with van der Waals surface area (Å²) < 4.78 is 11.2. The summed E-state index contributed by atoms with van der Waals surface area (Å²) in [6, 6.07) is 9.09. The Morgan fingerprint density at radius 3 is 2.92 bits per heavy atom. The van der Waals surface area contributed by atoms with Gasteiger partial charge in [-0.05, 0) is 24.3 Å². The maximum Gasteiger partial charge on any atom is 0.253 e. The van der Waals surface area contributed by atoms with Crippen LogP contribution in [0.25, 0.3) is 0 Å². The van der Waals surface area contributed by atoms with E-state index in [-0.39, 0.29) is 5.91 Å². The van der Waals surface area contributed by atoms with Gasteiger partial charge in [-0.25, -0.2) is 0 Å². The molecule has 0 atom stereocenters. The quantitative estimate of drug-likeness (QED) is 0.853. The molecule has 1 aliphatic heterocycles. The third-order valence-corrected chi connectivity index (χ3v) is 4.11. The first-order chi connectivity index (χ1) is 11.6. The fraction of sp³-hybridized carbons (Fsp3) is 0.333. The lowest BCUT2D eigenvalue weighted by Gasteiger charge is -2.18. The minimum atomic E-state index is -0.108. The van der Waals surface area contributed by atoms with Crippen LogP contribution >= 0.6 is 11.6 Å². The van der Waals surface area contributed by atoms with Crippen molar-refractivity contribution >= 4 is 17.5 Å². The van der Waals surface area contributed by atoms with Crippen LogP contribution in [0.3, 0.4) is 0 Å². The van der Waals surface area contributed by atoms with Gasteiger partial charge < -0.3 is 14.4 Å². The van der Waals surface area contributed by atoms with Crippen LogP contribution < -0.4 is 9.47 Å². The van der Waals surface area contributed by atoms with Gasteiger partial charge in [0.2, 0.25) is 0 Å². The summed E-state index contributed by atoms with van der Waals surface area (Å²) >= 11 is 6.26.